The van der Waals surface area contributed by atoms with Gasteiger partial charge in [-0.15, -0.1) is 0 Å². The first kappa shape index (κ1) is 11.6. The average molecular weight is 218 g/mol. The molecular weight excluding hydrogens is 196 g/mol. The lowest BCUT2D eigenvalue weighted by Crippen LogP contribution is -2.34. The Labute approximate surface area is 98.4 Å². The van der Waals surface area contributed by atoms with E-state index < -0.39 is 0 Å². The Morgan fingerprint density at radius 2 is 2.19 bits per heavy atom. The number of nitrogens with zero attached hydrogens (tertiary/aromatic N) is 1. The molecular formula is C14H22N2. The highest BCUT2D eigenvalue weighted by molar-refractivity contribution is 5.40. The summed E-state index contributed by atoms with van der Waals surface area (Å²) < 4.78 is 0. The number of benzene rings is 1. The molecule has 0 aromatic heterocycles. The molecule has 1 atom stereocenters. The number of likely N-dealkylation sites (N-methyl/N-ethyl adjacent to an activating group) is 1. The molecule has 2 nitrogen and oxygen atoms in total. The molecule has 0 saturated carbocycles. The van der Waals surface area contributed by atoms with Crippen molar-refractivity contribution in [2.75, 3.05) is 26.2 Å². The molecule has 1 unspecified atom stereocenters. The van der Waals surface area contributed by atoms with Crippen molar-refractivity contribution >= 4 is 0 Å². The van der Waals surface area contributed by atoms with Gasteiger partial charge in [-0.3, -0.25) is 0 Å². The molecule has 88 valence electrons. The molecule has 1 aromatic rings. The molecule has 2 N–H and O–H groups in total. The van der Waals surface area contributed by atoms with Crippen LogP contribution in [-0.4, -0.2) is 31.1 Å². The van der Waals surface area contributed by atoms with Crippen molar-refractivity contribution in [1.29, 1.82) is 0 Å². The van der Waals surface area contributed by atoms with Crippen LogP contribution in [0.5, 0.6) is 0 Å². The Bertz CT molecular complexity index is 335. The maximum absolute atomic E-state index is 5.56. The van der Waals surface area contributed by atoms with Crippen molar-refractivity contribution in [1.82, 2.24) is 4.90 Å². The largest absolute Gasteiger partial charge is 0.330 e. The lowest BCUT2D eigenvalue weighted by Gasteiger charge is -2.34. The van der Waals surface area contributed by atoms with E-state index in [0.717, 1.165) is 32.0 Å². The topological polar surface area (TPSA) is 29.3 Å². The van der Waals surface area contributed by atoms with Crippen molar-refractivity contribution in [2.45, 2.75) is 25.7 Å². The van der Waals surface area contributed by atoms with Gasteiger partial charge < -0.3 is 10.6 Å². The van der Waals surface area contributed by atoms with E-state index in [4.69, 9.17) is 5.73 Å². The SMILES string of the molecule is CCN(CCCN)CC1Cc2ccccc21. The predicted octanol–water partition coefficient (Wildman–Crippen LogP) is 2.00. The molecule has 1 aliphatic carbocycles. The van der Waals surface area contributed by atoms with E-state index in [1.165, 1.54) is 13.0 Å². The van der Waals surface area contributed by atoms with Crippen LogP contribution >= 0.6 is 0 Å². The second-order valence-electron chi connectivity index (χ2n) is 4.64. The summed E-state index contributed by atoms with van der Waals surface area (Å²) in [6, 6.07) is 8.82. The van der Waals surface area contributed by atoms with E-state index in [0.29, 0.717) is 0 Å². The van der Waals surface area contributed by atoms with E-state index in [9.17, 15) is 0 Å². The molecule has 0 fully saturated rings. The van der Waals surface area contributed by atoms with Gasteiger partial charge >= 0.3 is 0 Å². The first-order valence-corrected chi connectivity index (χ1v) is 6.35. The van der Waals surface area contributed by atoms with Crippen LogP contribution in [0.4, 0.5) is 0 Å². The first-order chi connectivity index (χ1) is 7.85. The highest BCUT2D eigenvalue weighted by Gasteiger charge is 2.26. The van der Waals surface area contributed by atoms with Crippen LogP contribution in [0.15, 0.2) is 24.3 Å². The second-order valence-corrected chi connectivity index (χ2v) is 4.64. The van der Waals surface area contributed by atoms with Gasteiger partial charge in [-0.25, -0.2) is 0 Å². The quantitative estimate of drug-likeness (QED) is 0.791. The number of rotatable bonds is 6. The summed E-state index contributed by atoms with van der Waals surface area (Å²) >= 11 is 0. The Hall–Kier alpha value is -0.860. The molecule has 0 aliphatic heterocycles. The van der Waals surface area contributed by atoms with Crippen LogP contribution in [0.25, 0.3) is 0 Å². The number of hydrogen-bond acceptors (Lipinski definition) is 2. The van der Waals surface area contributed by atoms with Gasteiger partial charge in [0, 0.05) is 12.5 Å². The monoisotopic (exact) mass is 218 g/mol. The molecule has 2 heteroatoms. The third kappa shape index (κ3) is 2.45. The molecule has 2 rings (SSSR count). The maximum atomic E-state index is 5.56. The van der Waals surface area contributed by atoms with Crippen molar-refractivity contribution in [2.24, 2.45) is 5.73 Å². The van der Waals surface area contributed by atoms with Crippen LogP contribution in [0.2, 0.25) is 0 Å². The molecule has 0 bridgehead atoms. The zero-order chi connectivity index (χ0) is 11.4. The van der Waals surface area contributed by atoms with Gasteiger partial charge in [0.2, 0.25) is 0 Å². The number of hydrogen-bond donors (Lipinski definition) is 1. The van der Waals surface area contributed by atoms with Gasteiger partial charge in [-0.2, -0.15) is 0 Å². The standard InChI is InChI=1S/C14H22N2/c1-2-16(9-5-8-15)11-13-10-12-6-3-4-7-14(12)13/h3-4,6-7,13H,2,5,8-11,15H2,1H3. The zero-order valence-electron chi connectivity index (χ0n) is 10.2. The second kappa shape index (κ2) is 5.46. The Morgan fingerprint density at radius 1 is 1.38 bits per heavy atom. The highest BCUT2D eigenvalue weighted by Crippen LogP contribution is 2.35. The van der Waals surface area contributed by atoms with E-state index in [1.807, 2.05) is 0 Å². The fourth-order valence-corrected chi connectivity index (χ4v) is 2.53. The van der Waals surface area contributed by atoms with Crippen LogP contribution < -0.4 is 5.73 Å². The van der Waals surface area contributed by atoms with Gasteiger partial charge in [0.05, 0.1) is 0 Å². The summed E-state index contributed by atoms with van der Waals surface area (Å²) in [5, 5.41) is 0. The van der Waals surface area contributed by atoms with Crippen LogP contribution in [0, 0.1) is 0 Å². The minimum atomic E-state index is 0.758. The van der Waals surface area contributed by atoms with Gasteiger partial charge in [0.1, 0.15) is 0 Å². The maximum Gasteiger partial charge on any atom is 0.00535 e. The molecule has 1 aliphatic rings. The lowest BCUT2D eigenvalue weighted by molar-refractivity contribution is 0.258. The summed E-state index contributed by atoms with van der Waals surface area (Å²) in [5.41, 5.74) is 8.67. The molecule has 0 amide bonds. The van der Waals surface area contributed by atoms with Gasteiger partial charge in [-0.05, 0) is 43.6 Å². The average Bonchev–Trinajstić information content (AvgIpc) is 2.30. The summed E-state index contributed by atoms with van der Waals surface area (Å²) in [7, 11) is 0. The molecule has 16 heavy (non-hydrogen) atoms. The summed E-state index contributed by atoms with van der Waals surface area (Å²) in [4.78, 5) is 2.52. The third-order valence-electron chi connectivity index (χ3n) is 3.57. The smallest absolute Gasteiger partial charge is 0.00535 e. The van der Waals surface area contributed by atoms with Crippen LogP contribution in [0.3, 0.4) is 0 Å². The Morgan fingerprint density at radius 3 is 2.88 bits per heavy atom. The Kier molecular flexibility index (Phi) is 3.97. The van der Waals surface area contributed by atoms with Gasteiger partial charge in [0.15, 0.2) is 0 Å². The molecule has 0 heterocycles. The van der Waals surface area contributed by atoms with Crippen molar-refractivity contribution in [3.05, 3.63) is 35.4 Å². The molecule has 0 radical (unpaired) electrons. The minimum absolute atomic E-state index is 0.758. The minimum Gasteiger partial charge on any atom is -0.330 e. The summed E-state index contributed by atoms with van der Waals surface area (Å²) in [6.45, 7) is 6.52. The first-order valence-electron chi connectivity index (χ1n) is 6.35. The van der Waals surface area contributed by atoms with Crippen molar-refractivity contribution < 1.29 is 0 Å². The normalized spacial score (nSPS) is 18.3. The number of fused-ring (bicyclic) bond motifs is 1. The van der Waals surface area contributed by atoms with E-state index in [2.05, 4.69) is 36.1 Å². The van der Waals surface area contributed by atoms with Crippen molar-refractivity contribution in [3.63, 3.8) is 0 Å². The third-order valence-corrected chi connectivity index (χ3v) is 3.57. The summed E-state index contributed by atoms with van der Waals surface area (Å²) in [6.07, 6.45) is 2.37. The lowest BCUT2D eigenvalue weighted by atomic mass is 9.77. The van der Waals surface area contributed by atoms with Gasteiger partial charge in [0.25, 0.3) is 0 Å². The van der Waals surface area contributed by atoms with E-state index in [1.54, 1.807) is 11.1 Å². The Balaban J connectivity index is 1.87. The fourth-order valence-electron chi connectivity index (χ4n) is 2.53. The van der Waals surface area contributed by atoms with Crippen LogP contribution in [-0.2, 0) is 6.42 Å². The highest BCUT2D eigenvalue weighted by atomic mass is 15.1. The fraction of sp³-hybridized carbons (Fsp3) is 0.571. The van der Waals surface area contributed by atoms with Crippen molar-refractivity contribution in [3.8, 4) is 0 Å². The predicted molar refractivity (Wildman–Crippen MR) is 68.7 cm³/mol. The van der Waals surface area contributed by atoms with E-state index in [-0.39, 0.29) is 0 Å². The molecule has 0 saturated heterocycles. The molecule has 1 aromatic carbocycles. The van der Waals surface area contributed by atoms with Gasteiger partial charge in [-0.1, -0.05) is 31.2 Å². The molecule has 0 spiro atoms. The van der Waals surface area contributed by atoms with Crippen LogP contribution in [0.1, 0.15) is 30.4 Å². The van der Waals surface area contributed by atoms with E-state index >= 15 is 0 Å². The number of nitrogens with two attached hydrogens (primary N) is 1. The summed E-state index contributed by atoms with van der Waals surface area (Å²) in [5.74, 6) is 0.758. The zero-order valence-corrected chi connectivity index (χ0v) is 10.2.